The van der Waals surface area contributed by atoms with Crippen LogP contribution in [0.5, 0.6) is 17.2 Å². The summed E-state index contributed by atoms with van der Waals surface area (Å²) in [5.41, 5.74) is 0.0255. The molecule has 1 unspecified atom stereocenters. The highest BCUT2D eigenvalue weighted by atomic mass is 19.1. The first kappa shape index (κ1) is 9.08. The van der Waals surface area contributed by atoms with Crippen LogP contribution < -0.4 is 9.47 Å². The Morgan fingerprint density at radius 2 is 2.21 bits per heavy atom. The van der Waals surface area contributed by atoms with Crippen LogP contribution in [0.25, 0.3) is 0 Å². The van der Waals surface area contributed by atoms with Crippen LogP contribution in [0.2, 0.25) is 0 Å². The predicted octanol–water partition coefficient (Wildman–Crippen LogP) is 1.31. The lowest BCUT2D eigenvalue weighted by Crippen LogP contribution is -1.97. The number of aromatic hydroxyl groups is 1. The SMILES string of the molecule is CC(O)c1c(O)c(F)cc2c1OCO2. The highest BCUT2D eigenvalue weighted by Crippen LogP contribution is 2.44. The standard InChI is InChI=1S/C9H9FO4/c1-4(11)7-8(12)5(10)2-6-9(7)14-3-13-6/h2,4,11-12H,3H2,1H3. The topological polar surface area (TPSA) is 58.9 Å². The zero-order chi connectivity index (χ0) is 10.3. The Balaban J connectivity index is 2.66. The fourth-order valence-corrected chi connectivity index (χ4v) is 1.41. The number of hydrogen-bond acceptors (Lipinski definition) is 4. The molecule has 0 aliphatic carbocycles. The first-order chi connectivity index (χ1) is 6.61. The van der Waals surface area contributed by atoms with Gasteiger partial charge in [0.25, 0.3) is 0 Å². The average Bonchev–Trinajstić information content (AvgIpc) is 2.52. The van der Waals surface area contributed by atoms with E-state index in [9.17, 15) is 14.6 Å². The van der Waals surface area contributed by atoms with Crippen molar-refractivity contribution >= 4 is 0 Å². The molecule has 0 spiro atoms. The zero-order valence-corrected chi connectivity index (χ0v) is 7.45. The Morgan fingerprint density at radius 3 is 2.86 bits per heavy atom. The molecule has 14 heavy (non-hydrogen) atoms. The van der Waals surface area contributed by atoms with E-state index < -0.39 is 17.7 Å². The van der Waals surface area contributed by atoms with Crippen molar-refractivity contribution in [1.82, 2.24) is 0 Å². The number of fused-ring (bicyclic) bond motifs is 1. The molecule has 1 aromatic rings. The average molecular weight is 200 g/mol. The number of hydrogen-bond donors (Lipinski definition) is 2. The van der Waals surface area contributed by atoms with Crippen LogP contribution in [-0.4, -0.2) is 17.0 Å². The number of aliphatic hydroxyl groups is 1. The maximum Gasteiger partial charge on any atom is 0.231 e. The van der Waals surface area contributed by atoms with E-state index in [2.05, 4.69) is 0 Å². The van der Waals surface area contributed by atoms with Crippen LogP contribution in [0.4, 0.5) is 4.39 Å². The molecule has 0 saturated carbocycles. The summed E-state index contributed by atoms with van der Waals surface area (Å²) in [4.78, 5) is 0. The van der Waals surface area contributed by atoms with Crippen molar-refractivity contribution < 1.29 is 24.1 Å². The van der Waals surface area contributed by atoms with Crippen molar-refractivity contribution in [2.75, 3.05) is 6.79 Å². The van der Waals surface area contributed by atoms with Crippen LogP contribution in [0, 0.1) is 5.82 Å². The van der Waals surface area contributed by atoms with Gasteiger partial charge in [0.1, 0.15) is 0 Å². The Bertz CT molecular complexity index is 376. The lowest BCUT2D eigenvalue weighted by molar-refractivity contribution is 0.162. The van der Waals surface area contributed by atoms with Gasteiger partial charge in [0.2, 0.25) is 6.79 Å². The van der Waals surface area contributed by atoms with E-state index in [1.165, 1.54) is 6.92 Å². The quantitative estimate of drug-likeness (QED) is 0.717. The number of aliphatic hydroxyl groups excluding tert-OH is 1. The summed E-state index contributed by atoms with van der Waals surface area (Å²) in [5.74, 6) is -1.01. The molecule has 0 saturated heterocycles. The van der Waals surface area contributed by atoms with E-state index in [-0.39, 0.29) is 23.9 Å². The molecular formula is C9H9FO4. The molecule has 0 bridgehead atoms. The number of halogens is 1. The van der Waals surface area contributed by atoms with Gasteiger partial charge in [-0.1, -0.05) is 0 Å². The molecule has 0 fully saturated rings. The minimum atomic E-state index is -1.01. The van der Waals surface area contributed by atoms with Gasteiger partial charge in [-0.05, 0) is 6.92 Å². The van der Waals surface area contributed by atoms with Crippen LogP contribution in [0.1, 0.15) is 18.6 Å². The summed E-state index contributed by atoms with van der Waals surface area (Å²) in [6.07, 6.45) is -1.01. The summed E-state index contributed by atoms with van der Waals surface area (Å²) in [6.45, 7) is 1.38. The smallest absolute Gasteiger partial charge is 0.231 e. The first-order valence-electron chi connectivity index (χ1n) is 4.10. The highest BCUT2D eigenvalue weighted by molar-refractivity contribution is 5.56. The third-order valence-electron chi connectivity index (χ3n) is 2.04. The predicted molar refractivity (Wildman–Crippen MR) is 44.8 cm³/mol. The third kappa shape index (κ3) is 1.17. The molecular weight excluding hydrogens is 191 g/mol. The van der Waals surface area contributed by atoms with Gasteiger partial charge in [-0.3, -0.25) is 0 Å². The van der Waals surface area contributed by atoms with Crippen molar-refractivity contribution in [2.45, 2.75) is 13.0 Å². The number of benzene rings is 1. The summed E-state index contributed by atoms with van der Waals surface area (Å²) in [5, 5.41) is 18.7. The fourth-order valence-electron chi connectivity index (χ4n) is 1.41. The molecule has 1 aromatic carbocycles. The van der Waals surface area contributed by atoms with Gasteiger partial charge < -0.3 is 19.7 Å². The molecule has 0 amide bonds. The molecule has 0 aromatic heterocycles. The highest BCUT2D eigenvalue weighted by Gasteiger charge is 2.26. The summed E-state index contributed by atoms with van der Waals surface area (Å²) >= 11 is 0. The molecule has 1 heterocycles. The number of rotatable bonds is 1. The number of phenols is 1. The van der Waals surface area contributed by atoms with Crippen LogP contribution >= 0.6 is 0 Å². The van der Waals surface area contributed by atoms with Gasteiger partial charge in [-0.15, -0.1) is 0 Å². The lowest BCUT2D eigenvalue weighted by atomic mass is 10.1. The number of ether oxygens (including phenoxy) is 2. The van der Waals surface area contributed by atoms with Crippen LogP contribution in [-0.2, 0) is 0 Å². The van der Waals surface area contributed by atoms with Crippen LogP contribution in [0.3, 0.4) is 0 Å². The monoisotopic (exact) mass is 200 g/mol. The summed E-state index contributed by atoms with van der Waals surface area (Å²) in [6, 6.07) is 1.03. The van der Waals surface area contributed by atoms with E-state index in [0.717, 1.165) is 6.07 Å². The molecule has 1 aliphatic heterocycles. The normalized spacial score (nSPS) is 15.6. The second kappa shape index (κ2) is 3.02. The Morgan fingerprint density at radius 1 is 1.50 bits per heavy atom. The van der Waals surface area contributed by atoms with Crippen LogP contribution in [0.15, 0.2) is 6.07 Å². The molecule has 5 heteroatoms. The van der Waals surface area contributed by atoms with E-state index in [4.69, 9.17) is 9.47 Å². The van der Waals surface area contributed by atoms with Crippen molar-refractivity contribution in [3.63, 3.8) is 0 Å². The molecule has 76 valence electrons. The van der Waals surface area contributed by atoms with Crippen molar-refractivity contribution in [3.05, 3.63) is 17.4 Å². The van der Waals surface area contributed by atoms with Crippen molar-refractivity contribution in [3.8, 4) is 17.2 Å². The largest absolute Gasteiger partial charge is 0.504 e. The summed E-state index contributed by atoms with van der Waals surface area (Å²) < 4.78 is 23.1. The molecule has 2 rings (SSSR count). The molecule has 0 radical (unpaired) electrons. The number of phenolic OH excluding ortho intramolecular Hbond substituents is 1. The zero-order valence-electron chi connectivity index (χ0n) is 7.45. The van der Waals surface area contributed by atoms with Gasteiger partial charge in [-0.2, -0.15) is 0 Å². The van der Waals surface area contributed by atoms with Gasteiger partial charge in [0.05, 0.1) is 11.7 Å². The van der Waals surface area contributed by atoms with E-state index in [1.807, 2.05) is 0 Å². The minimum Gasteiger partial charge on any atom is -0.504 e. The van der Waals surface area contributed by atoms with E-state index in [0.29, 0.717) is 0 Å². The Labute approximate surface area is 79.5 Å². The first-order valence-corrected chi connectivity index (χ1v) is 4.10. The summed E-state index contributed by atoms with van der Waals surface area (Å²) in [7, 11) is 0. The van der Waals surface area contributed by atoms with Crippen molar-refractivity contribution in [1.29, 1.82) is 0 Å². The molecule has 1 atom stereocenters. The Kier molecular flexibility index (Phi) is 1.96. The Hall–Kier alpha value is -1.49. The molecule has 4 nitrogen and oxygen atoms in total. The minimum absolute atomic E-state index is 0.0255. The second-order valence-electron chi connectivity index (χ2n) is 3.03. The maximum atomic E-state index is 13.1. The molecule has 1 aliphatic rings. The molecule has 2 N–H and O–H groups in total. The maximum absolute atomic E-state index is 13.1. The van der Waals surface area contributed by atoms with E-state index >= 15 is 0 Å². The van der Waals surface area contributed by atoms with Gasteiger partial charge in [0.15, 0.2) is 23.1 Å². The van der Waals surface area contributed by atoms with E-state index in [1.54, 1.807) is 0 Å². The van der Waals surface area contributed by atoms with Crippen molar-refractivity contribution in [2.24, 2.45) is 0 Å². The third-order valence-corrected chi connectivity index (χ3v) is 2.04. The van der Waals surface area contributed by atoms with Gasteiger partial charge in [-0.25, -0.2) is 4.39 Å². The second-order valence-corrected chi connectivity index (χ2v) is 3.03. The lowest BCUT2D eigenvalue weighted by Gasteiger charge is -2.11. The van der Waals surface area contributed by atoms with Gasteiger partial charge >= 0.3 is 0 Å². The fraction of sp³-hybridized carbons (Fsp3) is 0.333. The van der Waals surface area contributed by atoms with Gasteiger partial charge in [0, 0.05) is 6.07 Å².